The van der Waals surface area contributed by atoms with E-state index in [-0.39, 0.29) is 17.7 Å². The van der Waals surface area contributed by atoms with Gasteiger partial charge in [0.1, 0.15) is 11.8 Å². The van der Waals surface area contributed by atoms with E-state index in [9.17, 15) is 14.7 Å². The molecule has 0 aromatic heterocycles. The molecule has 1 atom stereocenters. The van der Waals surface area contributed by atoms with E-state index in [2.05, 4.69) is 5.32 Å². The minimum Gasteiger partial charge on any atom is -0.506 e. The fourth-order valence-corrected chi connectivity index (χ4v) is 3.16. The van der Waals surface area contributed by atoms with E-state index in [0.29, 0.717) is 3.57 Å². The van der Waals surface area contributed by atoms with Gasteiger partial charge in [-0.25, -0.2) is 4.79 Å². The van der Waals surface area contributed by atoms with Gasteiger partial charge in [0.15, 0.2) is 0 Å². The van der Waals surface area contributed by atoms with Crippen LogP contribution in [-0.4, -0.2) is 28.1 Å². The Morgan fingerprint density at radius 1 is 1.39 bits per heavy atom. The van der Waals surface area contributed by atoms with Gasteiger partial charge in [0, 0.05) is 3.57 Å². The van der Waals surface area contributed by atoms with Gasteiger partial charge in [0.05, 0.1) is 9.13 Å². The van der Waals surface area contributed by atoms with Crippen LogP contribution in [0.1, 0.15) is 23.7 Å². The average Bonchev–Trinajstić information content (AvgIpc) is 2.29. The molecule has 5 nitrogen and oxygen atoms in total. The molecule has 0 spiro atoms. The first-order chi connectivity index (χ1) is 8.36. The fourth-order valence-electron chi connectivity index (χ4n) is 1.31. The quantitative estimate of drug-likeness (QED) is 0.584. The third kappa shape index (κ3) is 3.70. The Hall–Kier alpha value is -0.580. The monoisotopic (exact) mass is 475 g/mol. The number of nitrogens with one attached hydrogen (secondary N) is 1. The van der Waals surface area contributed by atoms with Crippen LogP contribution in [0.3, 0.4) is 0 Å². The van der Waals surface area contributed by atoms with Crippen molar-refractivity contribution >= 4 is 57.1 Å². The molecule has 18 heavy (non-hydrogen) atoms. The van der Waals surface area contributed by atoms with Crippen LogP contribution >= 0.6 is 45.2 Å². The van der Waals surface area contributed by atoms with Crippen molar-refractivity contribution in [2.24, 2.45) is 0 Å². The standard InChI is InChI=1S/C11H11I2NO4/c1-2-8(11(17)18)14-10(16)6-3-5(12)4-7(13)9(6)15/h3-4,8,15H,2H2,1H3,(H,14,16)(H,17,18)/t8-/m1/s1. The number of carbonyl (C=O) groups is 2. The molecule has 1 rings (SSSR count). The summed E-state index contributed by atoms with van der Waals surface area (Å²) in [6.07, 6.45) is 0.281. The third-order valence-corrected chi connectivity index (χ3v) is 3.73. The highest BCUT2D eigenvalue weighted by Gasteiger charge is 2.21. The third-order valence-electron chi connectivity index (χ3n) is 2.28. The molecule has 1 amide bonds. The Morgan fingerprint density at radius 2 is 2.00 bits per heavy atom. The number of phenolic OH excluding ortho intramolecular Hbond substituents is 1. The molecule has 1 aromatic rings. The molecule has 0 aliphatic carbocycles. The van der Waals surface area contributed by atoms with Crippen LogP contribution in [-0.2, 0) is 4.79 Å². The zero-order chi connectivity index (χ0) is 13.9. The molecule has 0 unspecified atom stereocenters. The Kier molecular flexibility index (Phi) is 5.63. The van der Waals surface area contributed by atoms with Crippen LogP contribution in [0.4, 0.5) is 0 Å². The molecule has 3 N–H and O–H groups in total. The maximum absolute atomic E-state index is 11.9. The first-order valence-corrected chi connectivity index (χ1v) is 7.24. The number of carboxylic acids is 1. The van der Waals surface area contributed by atoms with E-state index in [4.69, 9.17) is 5.11 Å². The highest BCUT2D eigenvalue weighted by atomic mass is 127. The van der Waals surface area contributed by atoms with Crippen molar-refractivity contribution in [3.05, 3.63) is 24.8 Å². The summed E-state index contributed by atoms with van der Waals surface area (Å²) in [5.41, 5.74) is 0.0889. The molecule has 0 bridgehead atoms. The SMILES string of the molecule is CC[C@@H](NC(=O)c1cc(I)cc(I)c1O)C(=O)O. The Labute approximate surface area is 131 Å². The second-order valence-electron chi connectivity index (χ2n) is 3.56. The van der Waals surface area contributed by atoms with Crippen LogP contribution < -0.4 is 5.32 Å². The van der Waals surface area contributed by atoms with Gasteiger partial charge in [-0.15, -0.1) is 0 Å². The van der Waals surface area contributed by atoms with E-state index in [1.165, 1.54) is 6.07 Å². The van der Waals surface area contributed by atoms with E-state index in [0.717, 1.165) is 3.57 Å². The van der Waals surface area contributed by atoms with Crippen molar-refractivity contribution in [1.82, 2.24) is 5.32 Å². The number of carboxylic acid groups (broad SMARTS) is 1. The van der Waals surface area contributed by atoms with E-state index >= 15 is 0 Å². The molecule has 0 saturated carbocycles. The zero-order valence-electron chi connectivity index (χ0n) is 9.41. The second kappa shape index (κ2) is 6.55. The fraction of sp³-hybridized carbons (Fsp3) is 0.273. The molecular weight excluding hydrogens is 464 g/mol. The van der Waals surface area contributed by atoms with Crippen molar-refractivity contribution in [3.63, 3.8) is 0 Å². The van der Waals surface area contributed by atoms with Gasteiger partial charge >= 0.3 is 5.97 Å². The van der Waals surface area contributed by atoms with Gasteiger partial charge in [0.25, 0.3) is 5.91 Å². The minimum absolute atomic E-state index is 0.0889. The van der Waals surface area contributed by atoms with Crippen molar-refractivity contribution in [3.8, 4) is 5.75 Å². The molecule has 7 heteroatoms. The first-order valence-electron chi connectivity index (χ1n) is 5.08. The topological polar surface area (TPSA) is 86.6 Å². The predicted octanol–water partition coefficient (Wildman–Crippen LogP) is 2.19. The normalized spacial score (nSPS) is 11.9. The van der Waals surface area contributed by atoms with Crippen molar-refractivity contribution in [1.29, 1.82) is 0 Å². The first kappa shape index (κ1) is 15.5. The molecule has 0 aliphatic heterocycles. The lowest BCUT2D eigenvalue weighted by Crippen LogP contribution is -2.40. The van der Waals surface area contributed by atoms with Gasteiger partial charge in [-0.2, -0.15) is 0 Å². The van der Waals surface area contributed by atoms with Gasteiger partial charge in [-0.3, -0.25) is 4.79 Å². The summed E-state index contributed by atoms with van der Waals surface area (Å²) >= 11 is 3.94. The number of hydrogen-bond acceptors (Lipinski definition) is 3. The summed E-state index contributed by atoms with van der Waals surface area (Å²) in [5, 5.41) is 21.0. The van der Waals surface area contributed by atoms with Gasteiger partial charge in [0.2, 0.25) is 0 Å². The molecule has 1 aromatic carbocycles. The number of aromatic hydroxyl groups is 1. The van der Waals surface area contributed by atoms with Crippen molar-refractivity contribution < 1.29 is 19.8 Å². The lowest BCUT2D eigenvalue weighted by molar-refractivity contribution is -0.139. The van der Waals surface area contributed by atoms with E-state index < -0.39 is 17.9 Å². The van der Waals surface area contributed by atoms with Crippen LogP contribution in [0.2, 0.25) is 0 Å². The van der Waals surface area contributed by atoms with Gasteiger partial charge in [-0.05, 0) is 63.7 Å². The molecular formula is C11H11I2NO4. The molecule has 98 valence electrons. The molecule has 0 fully saturated rings. The number of halogens is 2. The van der Waals surface area contributed by atoms with Crippen molar-refractivity contribution in [2.75, 3.05) is 0 Å². The molecule has 0 radical (unpaired) electrons. The predicted molar refractivity (Wildman–Crippen MR) is 82.7 cm³/mol. The number of carbonyl (C=O) groups excluding carboxylic acids is 1. The Bertz CT molecular complexity index is 490. The highest BCUT2D eigenvalue weighted by Crippen LogP contribution is 2.26. The van der Waals surface area contributed by atoms with Crippen LogP contribution in [0, 0.1) is 7.14 Å². The summed E-state index contributed by atoms with van der Waals surface area (Å²) < 4.78 is 1.34. The van der Waals surface area contributed by atoms with Crippen LogP contribution in [0.15, 0.2) is 12.1 Å². The second-order valence-corrected chi connectivity index (χ2v) is 5.96. The number of phenols is 1. The number of hydrogen-bond donors (Lipinski definition) is 3. The average molecular weight is 475 g/mol. The summed E-state index contributed by atoms with van der Waals surface area (Å²) in [6, 6.07) is 2.29. The summed E-state index contributed by atoms with van der Waals surface area (Å²) in [7, 11) is 0. The summed E-state index contributed by atoms with van der Waals surface area (Å²) in [6.45, 7) is 1.66. The minimum atomic E-state index is -1.09. The van der Waals surface area contributed by atoms with Gasteiger partial charge < -0.3 is 15.5 Å². The lowest BCUT2D eigenvalue weighted by Gasteiger charge is -2.13. The summed E-state index contributed by atoms with van der Waals surface area (Å²) in [5.74, 6) is -1.81. The maximum Gasteiger partial charge on any atom is 0.326 e. The molecule has 0 heterocycles. The molecule has 0 aliphatic rings. The Balaban J connectivity index is 3.01. The summed E-state index contributed by atoms with van der Waals surface area (Å²) in [4.78, 5) is 22.7. The Morgan fingerprint density at radius 3 is 2.50 bits per heavy atom. The maximum atomic E-state index is 11.9. The van der Waals surface area contributed by atoms with Gasteiger partial charge in [-0.1, -0.05) is 6.92 Å². The lowest BCUT2D eigenvalue weighted by atomic mass is 10.1. The molecule has 0 saturated heterocycles. The number of aliphatic carboxylic acids is 1. The van der Waals surface area contributed by atoms with Crippen LogP contribution in [0.25, 0.3) is 0 Å². The van der Waals surface area contributed by atoms with E-state index in [1.54, 1.807) is 13.0 Å². The largest absolute Gasteiger partial charge is 0.506 e. The van der Waals surface area contributed by atoms with Crippen LogP contribution in [0.5, 0.6) is 5.75 Å². The highest BCUT2D eigenvalue weighted by molar-refractivity contribution is 14.1. The van der Waals surface area contributed by atoms with Crippen molar-refractivity contribution in [2.45, 2.75) is 19.4 Å². The number of rotatable bonds is 4. The number of amides is 1. The zero-order valence-corrected chi connectivity index (χ0v) is 13.7. The number of benzene rings is 1. The smallest absolute Gasteiger partial charge is 0.326 e. The van der Waals surface area contributed by atoms with E-state index in [1.807, 2.05) is 45.2 Å².